The van der Waals surface area contributed by atoms with Crippen molar-refractivity contribution in [3.8, 4) is 12.0 Å². The lowest BCUT2D eigenvalue weighted by molar-refractivity contribution is 0.160. The summed E-state index contributed by atoms with van der Waals surface area (Å²) in [5.74, 6) is 0.477. The first-order chi connectivity index (χ1) is 7.69. The molecular formula is C10H17N3O3. The van der Waals surface area contributed by atoms with Crippen LogP contribution in [0.4, 0.5) is 0 Å². The molecule has 1 atom stereocenters. The van der Waals surface area contributed by atoms with E-state index in [0.717, 1.165) is 12.8 Å². The van der Waals surface area contributed by atoms with Crippen molar-refractivity contribution in [2.24, 2.45) is 0 Å². The molecule has 1 rings (SSSR count). The highest BCUT2D eigenvalue weighted by Gasteiger charge is 2.11. The molecule has 0 spiro atoms. The zero-order valence-corrected chi connectivity index (χ0v) is 9.80. The van der Waals surface area contributed by atoms with Gasteiger partial charge in [0.15, 0.2) is 0 Å². The van der Waals surface area contributed by atoms with Crippen LogP contribution in [0.15, 0.2) is 0 Å². The number of aliphatic hydroxyl groups is 1. The summed E-state index contributed by atoms with van der Waals surface area (Å²) in [5.41, 5.74) is 0. The van der Waals surface area contributed by atoms with Crippen LogP contribution in [0, 0.1) is 0 Å². The highest BCUT2D eigenvalue weighted by Crippen LogP contribution is 2.11. The Bertz CT molecular complexity index is 311. The molecular weight excluding hydrogens is 210 g/mol. The molecule has 0 aliphatic carbocycles. The fourth-order valence-corrected chi connectivity index (χ4v) is 1.30. The van der Waals surface area contributed by atoms with Gasteiger partial charge in [-0.15, -0.1) is 4.98 Å². The Morgan fingerprint density at radius 1 is 1.12 bits per heavy atom. The first-order valence-electron chi connectivity index (χ1n) is 5.20. The smallest absolute Gasteiger partial charge is 0.322 e. The SMILES string of the molecule is CCCC(O)Cc1nc(OC)nc(OC)n1. The van der Waals surface area contributed by atoms with Crippen molar-refractivity contribution < 1.29 is 14.6 Å². The number of methoxy groups -OCH3 is 2. The third-order valence-electron chi connectivity index (χ3n) is 2.05. The quantitative estimate of drug-likeness (QED) is 0.766. The summed E-state index contributed by atoms with van der Waals surface area (Å²) in [6.45, 7) is 2.01. The van der Waals surface area contributed by atoms with Gasteiger partial charge in [0.25, 0.3) is 0 Å². The van der Waals surface area contributed by atoms with Gasteiger partial charge in [0, 0.05) is 6.42 Å². The van der Waals surface area contributed by atoms with E-state index in [-0.39, 0.29) is 12.0 Å². The molecule has 0 amide bonds. The molecule has 0 radical (unpaired) electrons. The van der Waals surface area contributed by atoms with Crippen LogP contribution in [0.5, 0.6) is 12.0 Å². The van der Waals surface area contributed by atoms with Gasteiger partial charge < -0.3 is 14.6 Å². The van der Waals surface area contributed by atoms with E-state index in [2.05, 4.69) is 15.0 Å². The van der Waals surface area contributed by atoms with Gasteiger partial charge in [-0.05, 0) is 6.42 Å². The number of nitrogens with zero attached hydrogens (tertiary/aromatic N) is 3. The summed E-state index contributed by atoms with van der Waals surface area (Å²) in [6.07, 6.45) is 1.57. The number of aliphatic hydroxyl groups excluding tert-OH is 1. The molecule has 0 aliphatic heterocycles. The van der Waals surface area contributed by atoms with Gasteiger partial charge in [-0.2, -0.15) is 9.97 Å². The molecule has 0 aliphatic rings. The Morgan fingerprint density at radius 3 is 2.12 bits per heavy atom. The maximum atomic E-state index is 9.65. The van der Waals surface area contributed by atoms with Gasteiger partial charge in [-0.3, -0.25) is 0 Å². The van der Waals surface area contributed by atoms with Crippen LogP contribution in [0.25, 0.3) is 0 Å². The lowest BCUT2D eigenvalue weighted by atomic mass is 10.1. The molecule has 90 valence electrons. The van der Waals surface area contributed by atoms with Crippen molar-refractivity contribution in [2.75, 3.05) is 14.2 Å². The molecule has 1 aromatic heterocycles. The maximum absolute atomic E-state index is 9.65. The van der Waals surface area contributed by atoms with Gasteiger partial charge in [0.2, 0.25) is 0 Å². The van der Waals surface area contributed by atoms with Gasteiger partial charge in [0.05, 0.1) is 20.3 Å². The molecule has 1 heterocycles. The van der Waals surface area contributed by atoms with Crippen molar-refractivity contribution in [2.45, 2.75) is 32.3 Å². The number of ether oxygens (including phenoxy) is 2. The van der Waals surface area contributed by atoms with E-state index in [1.54, 1.807) is 0 Å². The second-order valence-corrected chi connectivity index (χ2v) is 3.37. The summed E-state index contributed by atoms with van der Waals surface area (Å²) in [5, 5.41) is 9.65. The van der Waals surface area contributed by atoms with E-state index in [1.807, 2.05) is 6.92 Å². The molecule has 16 heavy (non-hydrogen) atoms. The van der Waals surface area contributed by atoms with Crippen LogP contribution in [-0.2, 0) is 6.42 Å². The molecule has 1 unspecified atom stereocenters. The van der Waals surface area contributed by atoms with E-state index >= 15 is 0 Å². The van der Waals surface area contributed by atoms with E-state index in [4.69, 9.17) is 9.47 Å². The summed E-state index contributed by atoms with van der Waals surface area (Å²) in [6, 6.07) is 0.399. The lowest BCUT2D eigenvalue weighted by Crippen LogP contribution is -2.13. The van der Waals surface area contributed by atoms with Crippen LogP contribution >= 0.6 is 0 Å². The minimum atomic E-state index is -0.443. The van der Waals surface area contributed by atoms with Crippen molar-refractivity contribution in [1.29, 1.82) is 0 Å². The van der Waals surface area contributed by atoms with Gasteiger partial charge >= 0.3 is 12.0 Å². The van der Waals surface area contributed by atoms with Gasteiger partial charge in [0.1, 0.15) is 5.82 Å². The summed E-state index contributed by atoms with van der Waals surface area (Å²) in [7, 11) is 2.95. The summed E-state index contributed by atoms with van der Waals surface area (Å²) in [4.78, 5) is 12.0. The van der Waals surface area contributed by atoms with Crippen LogP contribution < -0.4 is 9.47 Å². The summed E-state index contributed by atoms with van der Waals surface area (Å²) >= 11 is 0. The van der Waals surface area contributed by atoms with Crippen molar-refractivity contribution in [3.05, 3.63) is 5.82 Å². The van der Waals surface area contributed by atoms with E-state index in [9.17, 15) is 5.11 Å². The largest absolute Gasteiger partial charge is 0.467 e. The molecule has 0 saturated heterocycles. The predicted octanol–water partition coefficient (Wildman–Crippen LogP) is 0.592. The highest BCUT2D eigenvalue weighted by molar-refractivity contribution is 5.05. The fraction of sp³-hybridized carbons (Fsp3) is 0.700. The molecule has 1 N–H and O–H groups in total. The maximum Gasteiger partial charge on any atom is 0.322 e. The Hall–Kier alpha value is -1.43. The first kappa shape index (κ1) is 12.6. The molecule has 0 bridgehead atoms. The molecule has 0 saturated carbocycles. The molecule has 6 nitrogen and oxygen atoms in total. The number of aromatic nitrogens is 3. The number of rotatable bonds is 6. The third kappa shape index (κ3) is 3.62. The molecule has 1 aromatic rings. The minimum absolute atomic E-state index is 0.200. The molecule has 0 fully saturated rings. The average Bonchev–Trinajstić information content (AvgIpc) is 2.28. The Balaban J connectivity index is 2.78. The normalized spacial score (nSPS) is 12.2. The fourth-order valence-electron chi connectivity index (χ4n) is 1.30. The van der Waals surface area contributed by atoms with Crippen LogP contribution in [-0.4, -0.2) is 40.4 Å². The summed E-state index contributed by atoms with van der Waals surface area (Å²) < 4.78 is 9.83. The second-order valence-electron chi connectivity index (χ2n) is 3.37. The van der Waals surface area contributed by atoms with Crippen LogP contribution in [0.2, 0.25) is 0 Å². The Labute approximate surface area is 94.7 Å². The second kappa shape index (κ2) is 6.22. The van der Waals surface area contributed by atoms with Gasteiger partial charge in [-0.25, -0.2) is 0 Å². The third-order valence-corrected chi connectivity index (χ3v) is 2.05. The Kier molecular flexibility index (Phi) is 4.91. The lowest BCUT2D eigenvalue weighted by Gasteiger charge is -2.09. The average molecular weight is 227 g/mol. The van der Waals surface area contributed by atoms with Gasteiger partial charge in [-0.1, -0.05) is 13.3 Å². The monoisotopic (exact) mass is 227 g/mol. The molecule has 0 aromatic carbocycles. The van der Waals surface area contributed by atoms with E-state index in [0.29, 0.717) is 12.2 Å². The number of hydrogen-bond acceptors (Lipinski definition) is 6. The highest BCUT2D eigenvalue weighted by atomic mass is 16.5. The first-order valence-corrected chi connectivity index (χ1v) is 5.20. The zero-order valence-electron chi connectivity index (χ0n) is 9.80. The number of hydrogen-bond donors (Lipinski definition) is 1. The van der Waals surface area contributed by atoms with Crippen molar-refractivity contribution in [3.63, 3.8) is 0 Å². The van der Waals surface area contributed by atoms with Crippen LogP contribution in [0.1, 0.15) is 25.6 Å². The van der Waals surface area contributed by atoms with E-state index in [1.165, 1.54) is 14.2 Å². The zero-order chi connectivity index (χ0) is 12.0. The van der Waals surface area contributed by atoms with E-state index < -0.39 is 6.10 Å². The minimum Gasteiger partial charge on any atom is -0.467 e. The Morgan fingerprint density at radius 2 is 1.69 bits per heavy atom. The topological polar surface area (TPSA) is 77.4 Å². The van der Waals surface area contributed by atoms with Crippen LogP contribution in [0.3, 0.4) is 0 Å². The van der Waals surface area contributed by atoms with Crippen molar-refractivity contribution in [1.82, 2.24) is 15.0 Å². The van der Waals surface area contributed by atoms with Crippen molar-refractivity contribution >= 4 is 0 Å². The standard InChI is InChI=1S/C10H17N3O3/c1-4-5-7(14)6-8-11-9(15-2)13-10(12-8)16-3/h7,14H,4-6H2,1-3H3. The molecule has 6 heteroatoms. The predicted molar refractivity (Wildman–Crippen MR) is 57.5 cm³/mol.